The summed E-state index contributed by atoms with van der Waals surface area (Å²) in [4.78, 5) is 19.5. The van der Waals surface area contributed by atoms with Gasteiger partial charge in [0.2, 0.25) is 11.8 Å². The van der Waals surface area contributed by atoms with Crippen LogP contribution in [0.4, 0.5) is 0 Å². The fraction of sp³-hybridized carbons (Fsp3) is 0.0204. The quantitative estimate of drug-likeness (QED) is 0.181. The van der Waals surface area contributed by atoms with Gasteiger partial charge in [0.05, 0.1) is 5.41 Å². The lowest BCUT2D eigenvalue weighted by molar-refractivity contribution is 0.617. The van der Waals surface area contributed by atoms with Crippen molar-refractivity contribution in [2.45, 2.75) is 5.41 Å². The third kappa shape index (κ3) is 4.30. The smallest absolute Gasteiger partial charge is 0.227 e. The first-order chi connectivity index (χ1) is 27.2. The number of benzene rings is 7. The second-order valence-electron chi connectivity index (χ2n) is 14.2. The van der Waals surface area contributed by atoms with E-state index in [4.69, 9.17) is 28.8 Å². The number of hydrogen-bond donors (Lipinski definition) is 0. The highest BCUT2D eigenvalue weighted by atomic mass is 16.4. The molecule has 0 unspecified atom stereocenters. The molecule has 3 heterocycles. The van der Waals surface area contributed by atoms with Crippen molar-refractivity contribution in [3.8, 4) is 67.7 Å². The Morgan fingerprint density at radius 2 is 0.818 bits per heavy atom. The van der Waals surface area contributed by atoms with Gasteiger partial charge >= 0.3 is 0 Å². The Kier molecular flexibility index (Phi) is 6.17. The van der Waals surface area contributed by atoms with E-state index in [9.17, 15) is 0 Å². The Morgan fingerprint density at radius 1 is 0.364 bits per heavy atom. The second-order valence-corrected chi connectivity index (χ2v) is 14.2. The average molecular weight is 705 g/mol. The molecule has 3 aromatic heterocycles. The van der Waals surface area contributed by atoms with Gasteiger partial charge in [0.1, 0.15) is 11.0 Å². The first kappa shape index (κ1) is 30.1. The van der Waals surface area contributed by atoms with E-state index in [1.807, 2.05) is 79.1 Å². The summed E-state index contributed by atoms with van der Waals surface area (Å²) in [5, 5.41) is 0. The minimum absolute atomic E-state index is 0.415. The van der Waals surface area contributed by atoms with E-state index in [0.717, 1.165) is 50.0 Å². The molecule has 10 aromatic rings. The summed E-state index contributed by atoms with van der Waals surface area (Å²) in [6.07, 6.45) is 3.83. The van der Waals surface area contributed by atoms with Crippen LogP contribution in [-0.4, -0.2) is 19.9 Å². The summed E-state index contributed by atoms with van der Waals surface area (Å²) in [6.45, 7) is 0. The molecule has 0 bridgehead atoms. The lowest BCUT2D eigenvalue weighted by atomic mass is 9.70. The fourth-order valence-corrected chi connectivity index (χ4v) is 8.90. The molecule has 2 aliphatic rings. The van der Waals surface area contributed by atoms with E-state index >= 15 is 0 Å². The van der Waals surface area contributed by atoms with Gasteiger partial charge in [-0.05, 0) is 98.6 Å². The van der Waals surface area contributed by atoms with Crippen LogP contribution in [-0.2, 0) is 5.41 Å². The van der Waals surface area contributed by atoms with Gasteiger partial charge in [0, 0.05) is 34.6 Å². The zero-order chi connectivity index (χ0) is 36.1. The van der Waals surface area contributed by atoms with Crippen molar-refractivity contribution in [3.05, 3.63) is 192 Å². The van der Waals surface area contributed by atoms with Crippen molar-refractivity contribution in [1.82, 2.24) is 19.9 Å². The van der Waals surface area contributed by atoms with Crippen LogP contribution < -0.4 is 0 Å². The molecule has 256 valence electrons. The first-order valence-corrected chi connectivity index (χ1v) is 18.4. The maximum atomic E-state index is 6.21. The molecule has 7 aromatic carbocycles. The summed E-state index contributed by atoms with van der Waals surface area (Å²) in [5.74, 6) is 1.57. The summed E-state index contributed by atoms with van der Waals surface area (Å²) >= 11 is 0. The van der Waals surface area contributed by atoms with Crippen molar-refractivity contribution in [2.24, 2.45) is 0 Å². The number of hydrogen-bond acceptors (Lipinski definition) is 6. The highest BCUT2D eigenvalue weighted by Gasteiger charge is 2.51. The van der Waals surface area contributed by atoms with Gasteiger partial charge < -0.3 is 8.83 Å². The normalized spacial score (nSPS) is 13.2. The van der Waals surface area contributed by atoms with Gasteiger partial charge in [-0.2, -0.15) is 0 Å². The summed E-state index contributed by atoms with van der Waals surface area (Å²) in [5.41, 5.74) is 17.3. The van der Waals surface area contributed by atoms with Crippen molar-refractivity contribution >= 4 is 22.2 Å². The highest BCUT2D eigenvalue weighted by Crippen LogP contribution is 2.63. The average Bonchev–Trinajstić information content (AvgIpc) is 4.02. The van der Waals surface area contributed by atoms with Crippen LogP contribution >= 0.6 is 0 Å². The molecule has 1 spiro atoms. The Bertz CT molecular complexity index is 2950. The number of nitrogens with zero attached hydrogens (tertiary/aromatic N) is 4. The first-order valence-electron chi connectivity index (χ1n) is 18.4. The van der Waals surface area contributed by atoms with Crippen LogP contribution in [0.15, 0.2) is 179 Å². The van der Waals surface area contributed by atoms with Crippen molar-refractivity contribution in [3.63, 3.8) is 0 Å². The van der Waals surface area contributed by atoms with Crippen LogP contribution in [0.25, 0.3) is 89.9 Å². The molecule has 12 rings (SSSR count). The Hall–Kier alpha value is -7.44. The third-order valence-electron chi connectivity index (χ3n) is 11.3. The molecule has 6 heteroatoms. The number of fused-ring (bicyclic) bond motifs is 12. The molecule has 0 aliphatic heterocycles. The minimum Gasteiger partial charge on any atom is -0.436 e. The van der Waals surface area contributed by atoms with Crippen molar-refractivity contribution in [2.75, 3.05) is 0 Å². The molecule has 55 heavy (non-hydrogen) atoms. The maximum Gasteiger partial charge on any atom is 0.227 e. The largest absolute Gasteiger partial charge is 0.436 e. The van der Waals surface area contributed by atoms with Gasteiger partial charge in [-0.1, -0.05) is 109 Å². The molecular weight excluding hydrogens is 677 g/mol. The number of aromatic nitrogens is 4. The van der Waals surface area contributed by atoms with E-state index in [2.05, 4.69) is 91.0 Å². The molecule has 6 nitrogen and oxygen atoms in total. The lowest BCUT2D eigenvalue weighted by Crippen LogP contribution is -2.25. The van der Waals surface area contributed by atoms with Gasteiger partial charge in [-0.25, -0.2) is 19.9 Å². The Labute approximate surface area is 315 Å². The highest BCUT2D eigenvalue weighted by molar-refractivity contribution is 5.96. The van der Waals surface area contributed by atoms with E-state index in [0.29, 0.717) is 17.6 Å². The zero-order valence-corrected chi connectivity index (χ0v) is 29.3. The van der Waals surface area contributed by atoms with E-state index < -0.39 is 5.41 Å². The predicted molar refractivity (Wildman–Crippen MR) is 215 cm³/mol. The standard InChI is InChI=1S/C49H28N4O2/c1-4-14-38-34(11-1)35-12-2-5-15-39(35)49(38)40-16-6-3-13-36(40)37-22-21-29(26-41(37)49)33-27-50-46(51-28-33)30-23-31(47-52-42-17-7-9-19-44(42)54-47)25-32(24-30)48-53-43-18-8-10-20-45(43)55-48/h1-28H. The Balaban J connectivity index is 0.987. The minimum atomic E-state index is -0.415. The molecule has 0 saturated carbocycles. The van der Waals surface area contributed by atoms with Gasteiger partial charge in [0.25, 0.3) is 0 Å². The van der Waals surface area contributed by atoms with E-state index in [1.54, 1.807) is 0 Å². The van der Waals surface area contributed by atoms with Crippen LogP contribution in [0.5, 0.6) is 0 Å². The van der Waals surface area contributed by atoms with Crippen LogP contribution in [0, 0.1) is 0 Å². The van der Waals surface area contributed by atoms with Crippen molar-refractivity contribution in [1.29, 1.82) is 0 Å². The topological polar surface area (TPSA) is 77.8 Å². The van der Waals surface area contributed by atoms with Crippen LogP contribution in [0.2, 0.25) is 0 Å². The number of para-hydroxylation sites is 4. The van der Waals surface area contributed by atoms with Crippen molar-refractivity contribution < 1.29 is 8.83 Å². The summed E-state index contributed by atoms with van der Waals surface area (Å²) in [7, 11) is 0. The van der Waals surface area contributed by atoms with Crippen LogP contribution in [0.1, 0.15) is 22.3 Å². The molecule has 2 aliphatic carbocycles. The lowest BCUT2D eigenvalue weighted by Gasteiger charge is -2.30. The summed E-state index contributed by atoms with van der Waals surface area (Å²) in [6, 6.07) is 55.0. The second kappa shape index (κ2) is 11.3. The molecule has 0 saturated heterocycles. The number of rotatable bonds is 4. The van der Waals surface area contributed by atoms with E-state index in [1.165, 1.54) is 44.5 Å². The fourth-order valence-electron chi connectivity index (χ4n) is 8.90. The summed E-state index contributed by atoms with van der Waals surface area (Å²) < 4.78 is 12.4. The molecular formula is C49H28N4O2. The molecule has 0 fully saturated rings. The van der Waals surface area contributed by atoms with Gasteiger partial charge in [0.15, 0.2) is 17.0 Å². The zero-order valence-electron chi connectivity index (χ0n) is 29.3. The van der Waals surface area contributed by atoms with Gasteiger partial charge in [-0.15, -0.1) is 0 Å². The predicted octanol–water partition coefficient (Wildman–Crippen LogP) is 11.8. The monoisotopic (exact) mass is 704 g/mol. The van der Waals surface area contributed by atoms with Crippen LogP contribution in [0.3, 0.4) is 0 Å². The molecule has 0 N–H and O–H groups in total. The SMILES string of the molecule is c1ccc2c(c1)-c1ccccc1C21c2ccccc2-c2ccc(-c3cnc(-c4cc(-c5nc6ccccc6o5)cc(-c5nc6ccccc6o5)c4)nc3)cc21. The molecule has 0 radical (unpaired) electrons. The number of oxazole rings is 2. The Morgan fingerprint density at radius 3 is 1.35 bits per heavy atom. The molecule has 0 amide bonds. The van der Waals surface area contributed by atoms with E-state index in [-0.39, 0.29) is 0 Å². The third-order valence-corrected chi connectivity index (χ3v) is 11.3. The molecule has 0 atom stereocenters. The maximum absolute atomic E-state index is 6.21. The van der Waals surface area contributed by atoms with Gasteiger partial charge in [-0.3, -0.25) is 0 Å².